The summed E-state index contributed by atoms with van der Waals surface area (Å²) in [5.41, 5.74) is 0.238. The van der Waals surface area contributed by atoms with Gasteiger partial charge in [0.2, 0.25) is 5.78 Å². The molecule has 0 spiro atoms. The summed E-state index contributed by atoms with van der Waals surface area (Å²) in [5.74, 6) is -1.05. The smallest absolute Gasteiger partial charge is 0.215 e. The highest BCUT2D eigenvalue weighted by molar-refractivity contribution is 6.15. The van der Waals surface area contributed by atoms with Crippen LogP contribution in [0.4, 0.5) is 4.39 Å². The number of aromatic nitrogens is 2. The van der Waals surface area contributed by atoms with E-state index in [4.69, 9.17) is 0 Å². The molecule has 0 aliphatic rings. The molecule has 0 unspecified atom stereocenters. The number of pyridine rings is 2. The predicted molar refractivity (Wildman–Crippen MR) is 69.4 cm³/mol. The Kier molecular flexibility index (Phi) is 2.76. The van der Waals surface area contributed by atoms with Gasteiger partial charge in [-0.25, -0.2) is 9.37 Å². The molecule has 0 fully saturated rings. The Morgan fingerprint density at radius 1 is 1.05 bits per heavy atom. The average Bonchev–Trinajstić information content (AvgIpc) is 2.46. The molecular formula is C15H9FN2O. The lowest BCUT2D eigenvalue weighted by atomic mass is 10.0. The van der Waals surface area contributed by atoms with E-state index in [1.165, 1.54) is 18.3 Å². The largest absolute Gasteiger partial charge is 0.287 e. The topological polar surface area (TPSA) is 42.9 Å². The molecule has 1 aromatic carbocycles. The molecule has 0 N–H and O–H groups in total. The summed E-state index contributed by atoms with van der Waals surface area (Å²) in [6, 6.07) is 9.78. The van der Waals surface area contributed by atoms with Crippen LogP contribution in [0.15, 0.2) is 55.0 Å². The molecular weight excluding hydrogens is 243 g/mol. The summed E-state index contributed by atoms with van der Waals surface area (Å²) in [6.45, 7) is 0. The van der Waals surface area contributed by atoms with Crippen molar-refractivity contribution in [2.24, 2.45) is 0 Å². The van der Waals surface area contributed by atoms with Crippen LogP contribution in [-0.4, -0.2) is 15.8 Å². The van der Waals surface area contributed by atoms with Gasteiger partial charge in [-0.1, -0.05) is 18.2 Å². The number of carbonyl (C=O) groups is 1. The predicted octanol–water partition coefficient (Wildman–Crippen LogP) is 3.00. The highest BCUT2D eigenvalue weighted by Crippen LogP contribution is 2.20. The Balaban J connectivity index is 2.20. The van der Waals surface area contributed by atoms with Gasteiger partial charge in [0.15, 0.2) is 5.82 Å². The zero-order valence-electron chi connectivity index (χ0n) is 9.88. The number of hydrogen-bond donors (Lipinski definition) is 0. The molecule has 0 atom stereocenters. The number of fused-ring (bicyclic) bond motifs is 1. The van der Waals surface area contributed by atoms with Crippen LogP contribution >= 0.6 is 0 Å². The minimum Gasteiger partial charge on any atom is -0.287 e. The molecule has 3 aromatic rings. The van der Waals surface area contributed by atoms with E-state index in [0.717, 1.165) is 5.39 Å². The van der Waals surface area contributed by atoms with Crippen LogP contribution in [0, 0.1) is 5.82 Å². The van der Waals surface area contributed by atoms with Gasteiger partial charge in [0, 0.05) is 29.5 Å². The van der Waals surface area contributed by atoms with E-state index in [2.05, 4.69) is 9.97 Å². The summed E-state index contributed by atoms with van der Waals surface area (Å²) in [4.78, 5) is 20.2. The maximum Gasteiger partial charge on any atom is 0.215 e. The Morgan fingerprint density at radius 3 is 2.79 bits per heavy atom. The molecule has 0 saturated heterocycles. The van der Waals surface area contributed by atoms with Crippen molar-refractivity contribution in [3.8, 4) is 0 Å². The van der Waals surface area contributed by atoms with Crippen LogP contribution in [-0.2, 0) is 0 Å². The number of benzene rings is 1. The Labute approximate surface area is 108 Å². The zero-order valence-corrected chi connectivity index (χ0v) is 9.88. The molecule has 3 nitrogen and oxygen atoms in total. The lowest BCUT2D eigenvalue weighted by Crippen LogP contribution is -2.07. The highest BCUT2D eigenvalue weighted by atomic mass is 19.1. The highest BCUT2D eigenvalue weighted by Gasteiger charge is 2.17. The minimum absolute atomic E-state index is 0.168. The molecule has 19 heavy (non-hydrogen) atoms. The van der Waals surface area contributed by atoms with Crippen molar-refractivity contribution in [1.29, 1.82) is 0 Å². The van der Waals surface area contributed by atoms with E-state index >= 15 is 0 Å². The third-order valence-electron chi connectivity index (χ3n) is 2.90. The summed E-state index contributed by atoms with van der Waals surface area (Å²) in [5, 5.41) is 1.58. The first-order chi connectivity index (χ1) is 9.27. The monoisotopic (exact) mass is 252 g/mol. The molecule has 2 aromatic heterocycles. The van der Waals surface area contributed by atoms with Crippen molar-refractivity contribution in [3.63, 3.8) is 0 Å². The molecule has 0 radical (unpaired) electrons. The molecule has 92 valence electrons. The van der Waals surface area contributed by atoms with Crippen molar-refractivity contribution in [2.75, 3.05) is 0 Å². The number of rotatable bonds is 2. The summed E-state index contributed by atoms with van der Waals surface area (Å²) in [7, 11) is 0. The van der Waals surface area contributed by atoms with Crippen molar-refractivity contribution in [1.82, 2.24) is 9.97 Å². The van der Waals surface area contributed by atoms with Crippen molar-refractivity contribution < 1.29 is 9.18 Å². The molecule has 4 heteroatoms. The molecule has 0 amide bonds. The van der Waals surface area contributed by atoms with Gasteiger partial charge in [-0.3, -0.25) is 9.78 Å². The van der Waals surface area contributed by atoms with Gasteiger partial charge in [-0.2, -0.15) is 0 Å². The number of carbonyl (C=O) groups excluding carboxylic acids is 1. The van der Waals surface area contributed by atoms with Gasteiger partial charge in [0.05, 0.1) is 0 Å². The first-order valence-corrected chi connectivity index (χ1v) is 5.75. The Hall–Kier alpha value is -2.62. The second-order valence-electron chi connectivity index (χ2n) is 4.07. The van der Waals surface area contributed by atoms with Gasteiger partial charge in [-0.15, -0.1) is 0 Å². The van der Waals surface area contributed by atoms with Crippen LogP contribution in [0.2, 0.25) is 0 Å². The van der Waals surface area contributed by atoms with Crippen LogP contribution in [0.1, 0.15) is 16.1 Å². The second-order valence-corrected chi connectivity index (χ2v) is 4.07. The van der Waals surface area contributed by atoms with Gasteiger partial charge in [0.1, 0.15) is 5.69 Å². The summed E-state index contributed by atoms with van der Waals surface area (Å²) >= 11 is 0. The van der Waals surface area contributed by atoms with Crippen molar-refractivity contribution in [3.05, 3.63) is 72.1 Å². The van der Waals surface area contributed by atoms with Gasteiger partial charge < -0.3 is 0 Å². The van der Waals surface area contributed by atoms with Gasteiger partial charge in [0.25, 0.3) is 0 Å². The quantitative estimate of drug-likeness (QED) is 0.658. The van der Waals surface area contributed by atoms with Crippen molar-refractivity contribution in [2.45, 2.75) is 0 Å². The molecule has 0 aliphatic carbocycles. The normalized spacial score (nSPS) is 10.6. The first kappa shape index (κ1) is 11.5. The second kappa shape index (κ2) is 4.57. The fourth-order valence-electron chi connectivity index (χ4n) is 1.99. The fraction of sp³-hybridized carbons (Fsp3) is 0. The third kappa shape index (κ3) is 1.97. The zero-order chi connectivity index (χ0) is 13.2. The third-order valence-corrected chi connectivity index (χ3v) is 2.90. The van der Waals surface area contributed by atoms with E-state index in [9.17, 15) is 9.18 Å². The molecule has 0 bridgehead atoms. The number of ketones is 1. The minimum atomic E-state index is -0.617. The maximum absolute atomic E-state index is 13.6. The number of nitrogens with zero attached hydrogens (tertiary/aromatic N) is 2. The standard InChI is InChI=1S/C15H9FN2O/c16-13-5-2-7-18-14(13)15(19)11-4-1-3-10-6-8-17-9-12(10)11/h1-9H. The number of hydrogen-bond acceptors (Lipinski definition) is 3. The van der Waals surface area contributed by atoms with E-state index in [0.29, 0.717) is 10.9 Å². The summed E-state index contributed by atoms with van der Waals surface area (Å²) in [6.07, 6.45) is 4.65. The number of halogens is 1. The lowest BCUT2D eigenvalue weighted by Gasteiger charge is -2.05. The molecule has 0 aliphatic heterocycles. The van der Waals surface area contributed by atoms with E-state index < -0.39 is 11.6 Å². The Bertz CT molecular complexity index is 765. The van der Waals surface area contributed by atoms with Crippen LogP contribution in [0.5, 0.6) is 0 Å². The maximum atomic E-state index is 13.6. The van der Waals surface area contributed by atoms with Gasteiger partial charge >= 0.3 is 0 Å². The van der Waals surface area contributed by atoms with Crippen LogP contribution in [0.3, 0.4) is 0 Å². The van der Waals surface area contributed by atoms with E-state index in [1.54, 1.807) is 30.6 Å². The van der Waals surface area contributed by atoms with Gasteiger partial charge in [-0.05, 0) is 23.6 Å². The molecule has 3 rings (SSSR count). The van der Waals surface area contributed by atoms with Crippen LogP contribution in [0.25, 0.3) is 10.8 Å². The van der Waals surface area contributed by atoms with E-state index in [1.807, 2.05) is 6.07 Å². The lowest BCUT2D eigenvalue weighted by molar-refractivity contribution is 0.103. The average molecular weight is 252 g/mol. The van der Waals surface area contributed by atoms with Crippen LogP contribution < -0.4 is 0 Å². The SMILES string of the molecule is O=C(c1ncccc1F)c1cccc2ccncc12. The summed E-state index contributed by atoms with van der Waals surface area (Å²) < 4.78 is 13.6. The first-order valence-electron chi connectivity index (χ1n) is 5.75. The van der Waals surface area contributed by atoms with Crippen molar-refractivity contribution >= 4 is 16.6 Å². The molecule has 2 heterocycles. The van der Waals surface area contributed by atoms with E-state index in [-0.39, 0.29) is 5.69 Å². The fourth-order valence-corrected chi connectivity index (χ4v) is 1.99. The Morgan fingerprint density at radius 2 is 1.95 bits per heavy atom. The molecule has 0 saturated carbocycles.